The quantitative estimate of drug-likeness (QED) is 0.771. The van der Waals surface area contributed by atoms with Crippen LogP contribution in [0.4, 0.5) is 11.5 Å². The number of unbranched alkanes of at least 4 members (excludes halogenated alkanes) is 1. The SMILES string of the molecule is CC(=O)CCCCN1CN(C)c2c1n(C)c(=O)[nH]c2=O. The van der Waals surface area contributed by atoms with E-state index in [1.165, 1.54) is 4.57 Å². The van der Waals surface area contributed by atoms with E-state index in [-0.39, 0.29) is 11.3 Å². The van der Waals surface area contributed by atoms with E-state index < -0.39 is 5.69 Å². The average Bonchev–Trinajstić information content (AvgIpc) is 2.69. The molecule has 1 aromatic rings. The molecular formula is C13H20N4O3. The number of Topliss-reactive ketones (excluding diaryl/α,β-unsaturated/α-hetero) is 1. The van der Waals surface area contributed by atoms with Gasteiger partial charge in [0.25, 0.3) is 5.56 Å². The van der Waals surface area contributed by atoms with Crippen LogP contribution in [0.5, 0.6) is 0 Å². The fourth-order valence-electron chi connectivity index (χ4n) is 2.55. The van der Waals surface area contributed by atoms with Crippen molar-refractivity contribution in [2.24, 2.45) is 7.05 Å². The third-order valence-corrected chi connectivity index (χ3v) is 3.54. The standard InChI is InChI=1S/C13H20N4O3/c1-9(18)6-4-5-7-17-8-15(2)10-11(19)14-13(20)16(3)12(10)17/h4-8H2,1-3H3,(H,14,19,20). The summed E-state index contributed by atoms with van der Waals surface area (Å²) in [5.41, 5.74) is -0.228. The van der Waals surface area contributed by atoms with Crippen molar-refractivity contribution in [1.82, 2.24) is 9.55 Å². The molecule has 0 bridgehead atoms. The Morgan fingerprint density at radius 1 is 1.25 bits per heavy atom. The normalized spacial score (nSPS) is 13.8. The number of aromatic nitrogens is 2. The van der Waals surface area contributed by atoms with Gasteiger partial charge >= 0.3 is 5.69 Å². The molecule has 0 aromatic carbocycles. The summed E-state index contributed by atoms with van der Waals surface area (Å²) in [5, 5.41) is 0. The molecule has 20 heavy (non-hydrogen) atoms. The predicted octanol–water partition coefficient (Wildman–Crippen LogP) is 0.0466. The minimum atomic E-state index is -0.405. The van der Waals surface area contributed by atoms with Crippen LogP contribution in [-0.2, 0) is 11.8 Å². The highest BCUT2D eigenvalue weighted by Crippen LogP contribution is 2.29. The van der Waals surface area contributed by atoms with Gasteiger partial charge in [0, 0.05) is 27.1 Å². The van der Waals surface area contributed by atoms with Gasteiger partial charge in [0.1, 0.15) is 17.3 Å². The monoisotopic (exact) mass is 280 g/mol. The summed E-state index contributed by atoms with van der Waals surface area (Å²) in [6, 6.07) is 0. The molecule has 7 nitrogen and oxygen atoms in total. The van der Waals surface area contributed by atoms with E-state index in [0.717, 1.165) is 19.4 Å². The predicted molar refractivity (Wildman–Crippen MR) is 77.5 cm³/mol. The number of hydrogen-bond donors (Lipinski definition) is 1. The van der Waals surface area contributed by atoms with E-state index in [0.29, 0.717) is 24.6 Å². The van der Waals surface area contributed by atoms with Crippen LogP contribution in [0.1, 0.15) is 26.2 Å². The van der Waals surface area contributed by atoms with E-state index in [2.05, 4.69) is 4.98 Å². The number of anilines is 2. The number of hydrogen-bond acceptors (Lipinski definition) is 5. The highest BCUT2D eigenvalue weighted by Gasteiger charge is 2.28. The fourth-order valence-corrected chi connectivity index (χ4v) is 2.55. The Labute approximate surface area is 116 Å². The third-order valence-electron chi connectivity index (χ3n) is 3.54. The molecule has 2 rings (SSSR count). The number of nitrogens with zero attached hydrogens (tertiary/aromatic N) is 3. The molecule has 7 heteroatoms. The second-order valence-electron chi connectivity index (χ2n) is 5.25. The van der Waals surface area contributed by atoms with Crippen molar-refractivity contribution in [2.45, 2.75) is 26.2 Å². The number of rotatable bonds is 5. The number of fused-ring (bicyclic) bond motifs is 1. The van der Waals surface area contributed by atoms with Gasteiger partial charge in [-0.05, 0) is 19.8 Å². The molecule has 0 spiro atoms. The first-order valence-electron chi connectivity index (χ1n) is 6.70. The second-order valence-corrected chi connectivity index (χ2v) is 5.25. The van der Waals surface area contributed by atoms with Crippen LogP contribution < -0.4 is 21.0 Å². The second kappa shape index (κ2) is 5.52. The number of carbonyl (C=O) groups excluding carboxylic acids is 1. The Balaban J connectivity index is 2.19. The fraction of sp³-hybridized carbons (Fsp3) is 0.615. The van der Waals surface area contributed by atoms with Gasteiger partial charge in [0.15, 0.2) is 0 Å². The minimum Gasteiger partial charge on any atom is -0.349 e. The lowest BCUT2D eigenvalue weighted by Crippen LogP contribution is -2.32. The average molecular weight is 280 g/mol. The van der Waals surface area contributed by atoms with Crippen LogP contribution in [0, 0.1) is 0 Å². The van der Waals surface area contributed by atoms with Gasteiger partial charge in [0.05, 0.1) is 6.67 Å². The van der Waals surface area contributed by atoms with Crippen LogP contribution in [0.15, 0.2) is 9.59 Å². The maximum absolute atomic E-state index is 11.9. The summed E-state index contributed by atoms with van der Waals surface area (Å²) in [5.74, 6) is 0.844. The summed E-state index contributed by atoms with van der Waals surface area (Å²) in [6.07, 6.45) is 2.25. The molecule has 2 heterocycles. The molecule has 0 saturated heterocycles. The smallest absolute Gasteiger partial charge is 0.329 e. The highest BCUT2D eigenvalue weighted by atomic mass is 16.2. The van der Waals surface area contributed by atoms with E-state index in [9.17, 15) is 14.4 Å². The zero-order chi connectivity index (χ0) is 14.9. The molecule has 0 amide bonds. The molecule has 1 aliphatic heterocycles. The Bertz CT molecular complexity index is 631. The summed E-state index contributed by atoms with van der Waals surface area (Å²) < 4.78 is 1.46. The number of nitrogens with one attached hydrogen (secondary N) is 1. The van der Waals surface area contributed by atoms with Gasteiger partial charge < -0.3 is 14.6 Å². The molecule has 0 saturated carbocycles. The van der Waals surface area contributed by atoms with E-state index in [4.69, 9.17) is 0 Å². The summed E-state index contributed by atoms with van der Waals surface area (Å²) in [7, 11) is 3.48. The lowest BCUT2D eigenvalue weighted by atomic mass is 10.2. The number of carbonyl (C=O) groups is 1. The summed E-state index contributed by atoms with van der Waals surface area (Å²) >= 11 is 0. The van der Waals surface area contributed by atoms with Gasteiger partial charge in [-0.25, -0.2) is 4.79 Å². The molecule has 0 aliphatic carbocycles. The Morgan fingerprint density at radius 2 is 1.95 bits per heavy atom. The van der Waals surface area contributed by atoms with E-state index in [1.54, 1.807) is 14.0 Å². The van der Waals surface area contributed by atoms with Gasteiger partial charge in [-0.3, -0.25) is 14.3 Å². The molecule has 1 aliphatic rings. The van der Waals surface area contributed by atoms with Gasteiger partial charge in [0.2, 0.25) is 0 Å². The molecule has 0 unspecified atom stereocenters. The van der Waals surface area contributed by atoms with Crippen LogP contribution in [0.2, 0.25) is 0 Å². The van der Waals surface area contributed by atoms with Gasteiger partial charge in [-0.15, -0.1) is 0 Å². The van der Waals surface area contributed by atoms with Crippen molar-refractivity contribution >= 4 is 17.3 Å². The van der Waals surface area contributed by atoms with Crippen LogP contribution in [-0.4, -0.2) is 35.6 Å². The third kappa shape index (κ3) is 2.61. The molecule has 1 aromatic heterocycles. The largest absolute Gasteiger partial charge is 0.349 e. The van der Waals surface area contributed by atoms with Crippen molar-refractivity contribution in [3.05, 3.63) is 20.8 Å². The van der Waals surface area contributed by atoms with E-state index >= 15 is 0 Å². The minimum absolute atomic E-state index is 0.188. The molecule has 110 valence electrons. The zero-order valence-corrected chi connectivity index (χ0v) is 12.1. The topological polar surface area (TPSA) is 78.4 Å². The lowest BCUT2D eigenvalue weighted by Gasteiger charge is -2.20. The van der Waals surface area contributed by atoms with Crippen LogP contribution >= 0.6 is 0 Å². The first kappa shape index (κ1) is 14.4. The molecular weight excluding hydrogens is 260 g/mol. The summed E-state index contributed by atoms with van der Waals surface area (Å²) in [6.45, 7) is 2.89. The maximum Gasteiger partial charge on any atom is 0.329 e. The van der Waals surface area contributed by atoms with Crippen molar-refractivity contribution in [3.63, 3.8) is 0 Å². The first-order valence-corrected chi connectivity index (χ1v) is 6.70. The maximum atomic E-state index is 11.9. The van der Waals surface area contributed by atoms with Crippen LogP contribution in [0.25, 0.3) is 0 Å². The molecule has 1 N–H and O–H groups in total. The Kier molecular flexibility index (Phi) is 3.96. The van der Waals surface area contributed by atoms with Gasteiger partial charge in [-0.2, -0.15) is 0 Å². The number of ketones is 1. The van der Waals surface area contributed by atoms with E-state index in [1.807, 2.05) is 16.8 Å². The van der Waals surface area contributed by atoms with Crippen LogP contribution in [0.3, 0.4) is 0 Å². The molecule has 0 radical (unpaired) electrons. The summed E-state index contributed by atoms with van der Waals surface area (Å²) in [4.78, 5) is 40.6. The van der Waals surface area contributed by atoms with Crippen molar-refractivity contribution in [2.75, 3.05) is 30.1 Å². The number of aromatic amines is 1. The van der Waals surface area contributed by atoms with Crippen molar-refractivity contribution < 1.29 is 4.79 Å². The zero-order valence-electron chi connectivity index (χ0n) is 12.1. The molecule has 0 atom stereocenters. The highest BCUT2D eigenvalue weighted by molar-refractivity contribution is 5.75. The van der Waals surface area contributed by atoms with Crippen molar-refractivity contribution in [3.8, 4) is 0 Å². The molecule has 0 fully saturated rings. The number of H-pyrrole nitrogens is 1. The van der Waals surface area contributed by atoms with Crippen molar-refractivity contribution in [1.29, 1.82) is 0 Å². The van der Waals surface area contributed by atoms with Gasteiger partial charge in [-0.1, -0.05) is 0 Å². The first-order chi connectivity index (χ1) is 9.41. The Hall–Kier alpha value is -2.05. The Morgan fingerprint density at radius 3 is 2.60 bits per heavy atom. The lowest BCUT2D eigenvalue weighted by molar-refractivity contribution is -0.117.